The summed E-state index contributed by atoms with van der Waals surface area (Å²) in [5, 5.41) is 0.787. The summed E-state index contributed by atoms with van der Waals surface area (Å²) in [5.74, 6) is -0.265. The molecular formula is C28H26F6N4O2. The first-order valence-corrected chi connectivity index (χ1v) is 12.6. The van der Waals surface area contributed by atoms with Crippen LogP contribution in [0.1, 0.15) is 60.5 Å². The van der Waals surface area contributed by atoms with Crippen LogP contribution in [0.25, 0.3) is 11.0 Å². The molecule has 5 rings (SSSR count). The number of hydrogen-bond acceptors (Lipinski definition) is 5. The number of rotatable bonds is 4. The SMILES string of the molecule is Cc1ccc2cc(C3CCCCC3)c(=O)n(Cc3ncccc3OC(F)(F)F)c2n1.FC(F)(F)c1ccncc1. The number of fused-ring (bicyclic) bond motifs is 1. The van der Waals surface area contributed by atoms with Crippen LogP contribution in [-0.2, 0) is 12.7 Å². The van der Waals surface area contributed by atoms with Crippen LogP contribution >= 0.6 is 0 Å². The van der Waals surface area contributed by atoms with Gasteiger partial charge in [0.25, 0.3) is 5.56 Å². The van der Waals surface area contributed by atoms with Crippen LogP contribution in [0.15, 0.2) is 65.8 Å². The molecular weight excluding hydrogens is 538 g/mol. The summed E-state index contributed by atoms with van der Waals surface area (Å²) in [6, 6.07) is 10.1. The normalized spacial score (nSPS) is 14.5. The van der Waals surface area contributed by atoms with E-state index in [0.29, 0.717) is 16.9 Å². The zero-order valence-electron chi connectivity index (χ0n) is 21.5. The fourth-order valence-electron chi connectivity index (χ4n) is 4.67. The average Bonchev–Trinajstić information content (AvgIpc) is 2.91. The monoisotopic (exact) mass is 564 g/mol. The van der Waals surface area contributed by atoms with Gasteiger partial charge >= 0.3 is 12.5 Å². The molecule has 1 aliphatic carbocycles. The second-order valence-electron chi connectivity index (χ2n) is 9.42. The largest absolute Gasteiger partial charge is 0.573 e. The minimum absolute atomic E-state index is 0.0299. The summed E-state index contributed by atoms with van der Waals surface area (Å²) in [6.45, 7) is 1.65. The van der Waals surface area contributed by atoms with Gasteiger partial charge in [-0.05, 0) is 68.1 Å². The van der Waals surface area contributed by atoms with Crippen molar-refractivity contribution in [2.24, 2.45) is 0 Å². The fourth-order valence-corrected chi connectivity index (χ4v) is 4.67. The van der Waals surface area contributed by atoms with Crippen molar-refractivity contribution in [2.75, 3.05) is 0 Å². The van der Waals surface area contributed by atoms with Crippen LogP contribution in [0.2, 0.25) is 0 Å². The number of nitrogens with zero attached hydrogens (tertiary/aromatic N) is 4. The van der Waals surface area contributed by atoms with E-state index in [-0.39, 0.29) is 23.7 Å². The Labute approximate surface area is 225 Å². The highest BCUT2D eigenvalue weighted by molar-refractivity contribution is 5.76. The van der Waals surface area contributed by atoms with E-state index in [1.54, 1.807) is 0 Å². The van der Waals surface area contributed by atoms with E-state index in [0.717, 1.165) is 62.0 Å². The van der Waals surface area contributed by atoms with Gasteiger partial charge in [-0.25, -0.2) is 4.98 Å². The first-order chi connectivity index (χ1) is 18.9. The number of halogens is 6. The van der Waals surface area contributed by atoms with Gasteiger partial charge in [-0.15, -0.1) is 13.2 Å². The quantitative estimate of drug-likeness (QED) is 0.245. The van der Waals surface area contributed by atoms with Gasteiger partial charge in [0, 0.05) is 35.2 Å². The summed E-state index contributed by atoms with van der Waals surface area (Å²) < 4.78 is 79.3. The molecule has 12 heteroatoms. The Morgan fingerprint density at radius 2 is 1.65 bits per heavy atom. The topological polar surface area (TPSA) is 69.9 Å². The molecule has 0 aromatic carbocycles. The molecule has 1 saturated carbocycles. The Kier molecular flexibility index (Phi) is 8.75. The minimum atomic E-state index is -4.84. The van der Waals surface area contributed by atoms with Crippen molar-refractivity contribution < 1.29 is 31.1 Å². The number of ether oxygens (including phenoxy) is 1. The van der Waals surface area contributed by atoms with Crippen molar-refractivity contribution >= 4 is 11.0 Å². The lowest BCUT2D eigenvalue weighted by Crippen LogP contribution is -2.28. The summed E-state index contributed by atoms with van der Waals surface area (Å²) in [5.41, 5.74) is 0.986. The van der Waals surface area contributed by atoms with Crippen LogP contribution in [0.5, 0.6) is 5.75 Å². The Balaban J connectivity index is 0.000000312. The van der Waals surface area contributed by atoms with Crippen molar-refractivity contribution in [2.45, 2.75) is 64.0 Å². The number of hydrogen-bond donors (Lipinski definition) is 0. The average molecular weight is 565 g/mol. The molecule has 40 heavy (non-hydrogen) atoms. The molecule has 0 atom stereocenters. The molecule has 1 aliphatic rings. The molecule has 1 fully saturated rings. The van der Waals surface area contributed by atoms with Gasteiger partial charge in [0.15, 0.2) is 5.75 Å². The molecule has 0 radical (unpaired) electrons. The van der Waals surface area contributed by atoms with Crippen molar-refractivity contribution in [3.8, 4) is 5.75 Å². The van der Waals surface area contributed by atoms with Crippen LogP contribution in [-0.4, -0.2) is 25.9 Å². The third-order valence-corrected chi connectivity index (χ3v) is 6.54. The molecule has 4 aromatic rings. The zero-order valence-corrected chi connectivity index (χ0v) is 21.5. The Bertz CT molecular complexity index is 1500. The highest BCUT2D eigenvalue weighted by Gasteiger charge is 2.33. The summed E-state index contributed by atoms with van der Waals surface area (Å²) in [6.07, 6.45) is -0.312. The van der Waals surface area contributed by atoms with E-state index in [1.807, 2.05) is 25.1 Å². The van der Waals surface area contributed by atoms with Gasteiger partial charge in [0.05, 0.1) is 12.1 Å². The number of aromatic nitrogens is 4. The van der Waals surface area contributed by atoms with Crippen molar-refractivity contribution in [3.05, 3.63) is 93.9 Å². The first-order valence-electron chi connectivity index (χ1n) is 12.6. The van der Waals surface area contributed by atoms with Crippen LogP contribution < -0.4 is 10.3 Å². The van der Waals surface area contributed by atoms with Crippen molar-refractivity contribution in [1.82, 2.24) is 19.5 Å². The molecule has 4 aromatic heterocycles. The number of pyridine rings is 4. The van der Waals surface area contributed by atoms with E-state index >= 15 is 0 Å². The fraction of sp³-hybridized carbons (Fsp3) is 0.357. The smallest absolute Gasteiger partial charge is 0.404 e. The predicted octanol–water partition coefficient (Wildman–Crippen LogP) is 7.19. The molecule has 0 aliphatic heterocycles. The second-order valence-corrected chi connectivity index (χ2v) is 9.42. The van der Waals surface area contributed by atoms with Gasteiger partial charge in [-0.2, -0.15) is 13.2 Å². The van der Waals surface area contributed by atoms with Crippen LogP contribution in [0, 0.1) is 6.92 Å². The van der Waals surface area contributed by atoms with Crippen molar-refractivity contribution in [1.29, 1.82) is 0 Å². The number of alkyl halides is 6. The maximum absolute atomic E-state index is 13.4. The van der Waals surface area contributed by atoms with Crippen molar-refractivity contribution in [3.63, 3.8) is 0 Å². The van der Waals surface area contributed by atoms with E-state index < -0.39 is 23.9 Å². The third kappa shape index (κ3) is 7.36. The maximum Gasteiger partial charge on any atom is 0.573 e. The molecule has 0 spiro atoms. The van der Waals surface area contributed by atoms with Gasteiger partial charge in [-0.1, -0.05) is 19.3 Å². The Morgan fingerprint density at radius 3 is 2.27 bits per heavy atom. The zero-order chi connectivity index (χ0) is 28.9. The van der Waals surface area contributed by atoms with E-state index in [1.165, 1.54) is 22.9 Å². The first kappa shape index (κ1) is 29.0. The van der Waals surface area contributed by atoms with Crippen LogP contribution in [0.4, 0.5) is 26.3 Å². The molecule has 212 valence electrons. The van der Waals surface area contributed by atoms with Gasteiger partial charge in [0.1, 0.15) is 11.3 Å². The molecule has 0 saturated heterocycles. The highest BCUT2D eigenvalue weighted by Crippen LogP contribution is 2.33. The second kappa shape index (κ2) is 12.1. The predicted molar refractivity (Wildman–Crippen MR) is 136 cm³/mol. The standard InChI is InChI=1S/C22H22F3N3O2.C6H4F3N/c1-14-9-10-16-12-17(15-6-3-2-4-7-15)21(29)28(20(16)27-14)13-18-19(8-5-11-26-18)30-22(23,24)25;7-6(8,9)5-1-3-10-4-2-5/h5,8-12,15H,2-4,6-7,13H2,1H3;1-4H. The molecule has 0 bridgehead atoms. The Hall–Kier alpha value is -3.96. The van der Waals surface area contributed by atoms with Crippen LogP contribution in [0.3, 0.4) is 0 Å². The molecule has 0 unspecified atom stereocenters. The molecule has 6 nitrogen and oxygen atoms in total. The van der Waals surface area contributed by atoms with Gasteiger partial charge in [-0.3, -0.25) is 19.3 Å². The summed E-state index contributed by atoms with van der Waals surface area (Å²) in [4.78, 5) is 25.4. The summed E-state index contributed by atoms with van der Waals surface area (Å²) >= 11 is 0. The Morgan fingerprint density at radius 1 is 0.950 bits per heavy atom. The lowest BCUT2D eigenvalue weighted by Gasteiger charge is -2.23. The summed E-state index contributed by atoms with van der Waals surface area (Å²) in [7, 11) is 0. The van der Waals surface area contributed by atoms with Gasteiger partial charge in [0.2, 0.25) is 0 Å². The molecule has 4 heterocycles. The lowest BCUT2D eigenvalue weighted by atomic mass is 9.84. The maximum atomic E-state index is 13.4. The van der Waals surface area contributed by atoms with Gasteiger partial charge < -0.3 is 4.74 Å². The minimum Gasteiger partial charge on any atom is -0.404 e. The molecule has 0 amide bonds. The lowest BCUT2D eigenvalue weighted by molar-refractivity contribution is -0.275. The third-order valence-electron chi connectivity index (χ3n) is 6.54. The van der Waals surface area contributed by atoms with E-state index in [4.69, 9.17) is 0 Å². The highest BCUT2D eigenvalue weighted by atomic mass is 19.4. The molecule has 0 N–H and O–H groups in total. The number of aryl methyl sites for hydroxylation is 1. The van der Waals surface area contributed by atoms with E-state index in [9.17, 15) is 31.1 Å². The van der Waals surface area contributed by atoms with E-state index in [2.05, 4.69) is 19.7 Å².